The van der Waals surface area contributed by atoms with Crippen LogP contribution in [0.25, 0.3) is 0 Å². The predicted octanol–water partition coefficient (Wildman–Crippen LogP) is 2.73. The standard InChI is InChI=1S/C17H26N4O/c1-14-7-6-10-21(12-14)17(22)15-11-16(19-13-18-15)20-8-4-2-3-5-9-20/h11,13-14H,2-10,12H2,1H3. The Morgan fingerprint density at radius 3 is 2.59 bits per heavy atom. The summed E-state index contributed by atoms with van der Waals surface area (Å²) in [5.74, 6) is 1.56. The van der Waals surface area contributed by atoms with E-state index in [1.54, 1.807) is 6.33 Å². The van der Waals surface area contributed by atoms with Crippen molar-refractivity contribution in [3.8, 4) is 0 Å². The minimum absolute atomic E-state index is 0.0602. The van der Waals surface area contributed by atoms with E-state index < -0.39 is 0 Å². The molecular formula is C17H26N4O. The predicted molar refractivity (Wildman–Crippen MR) is 87.0 cm³/mol. The first-order chi connectivity index (χ1) is 10.7. The summed E-state index contributed by atoms with van der Waals surface area (Å²) in [5, 5.41) is 0. The van der Waals surface area contributed by atoms with Gasteiger partial charge in [0.05, 0.1) is 0 Å². The maximum atomic E-state index is 12.7. The molecule has 0 aromatic carbocycles. The average Bonchev–Trinajstić information content (AvgIpc) is 2.83. The van der Waals surface area contributed by atoms with Gasteiger partial charge in [0.2, 0.25) is 0 Å². The number of aromatic nitrogens is 2. The van der Waals surface area contributed by atoms with Crippen LogP contribution in [0.3, 0.4) is 0 Å². The quantitative estimate of drug-likeness (QED) is 0.843. The topological polar surface area (TPSA) is 49.3 Å². The molecule has 0 aliphatic carbocycles. The molecular weight excluding hydrogens is 276 g/mol. The number of amides is 1. The molecule has 0 N–H and O–H groups in total. The van der Waals surface area contributed by atoms with Crippen LogP contribution >= 0.6 is 0 Å². The molecule has 0 spiro atoms. The second kappa shape index (κ2) is 7.07. The van der Waals surface area contributed by atoms with Gasteiger partial charge >= 0.3 is 0 Å². The van der Waals surface area contributed by atoms with E-state index >= 15 is 0 Å². The SMILES string of the molecule is CC1CCCN(C(=O)c2cc(N3CCCCCC3)ncn2)C1. The van der Waals surface area contributed by atoms with E-state index in [1.165, 1.54) is 32.1 Å². The fourth-order valence-corrected chi connectivity index (χ4v) is 3.47. The number of piperidine rings is 1. The molecule has 5 heteroatoms. The zero-order valence-electron chi connectivity index (χ0n) is 13.5. The van der Waals surface area contributed by atoms with Gasteiger partial charge in [0.1, 0.15) is 17.8 Å². The maximum absolute atomic E-state index is 12.7. The summed E-state index contributed by atoms with van der Waals surface area (Å²) in [6.07, 6.45) is 8.84. The molecule has 2 saturated heterocycles. The fraction of sp³-hybridized carbons (Fsp3) is 0.706. The van der Waals surface area contributed by atoms with Crippen molar-refractivity contribution >= 4 is 11.7 Å². The molecule has 0 saturated carbocycles. The van der Waals surface area contributed by atoms with Crippen LogP contribution in [-0.2, 0) is 0 Å². The van der Waals surface area contributed by atoms with Gasteiger partial charge in [-0.05, 0) is 31.6 Å². The van der Waals surface area contributed by atoms with E-state index in [-0.39, 0.29) is 5.91 Å². The smallest absolute Gasteiger partial charge is 0.272 e. The van der Waals surface area contributed by atoms with E-state index in [1.807, 2.05) is 11.0 Å². The molecule has 1 atom stereocenters. The van der Waals surface area contributed by atoms with E-state index in [0.29, 0.717) is 11.6 Å². The normalized spacial score (nSPS) is 23.2. The number of nitrogens with zero attached hydrogens (tertiary/aromatic N) is 4. The molecule has 3 heterocycles. The van der Waals surface area contributed by atoms with E-state index in [0.717, 1.165) is 38.4 Å². The van der Waals surface area contributed by atoms with Crippen LogP contribution in [0.5, 0.6) is 0 Å². The highest BCUT2D eigenvalue weighted by Crippen LogP contribution is 2.20. The zero-order chi connectivity index (χ0) is 15.4. The van der Waals surface area contributed by atoms with Gasteiger partial charge in [-0.2, -0.15) is 0 Å². The molecule has 2 aliphatic heterocycles. The molecule has 0 radical (unpaired) electrons. The molecule has 1 aromatic rings. The Kier molecular flexibility index (Phi) is 4.90. The van der Waals surface area contributed by atoms with Crippen LogP contribution in [-0.4, -0.2) is 47.0 Å². The van der Waals surface area contributed by atoms with E-state index in [2.05, 4.69) is 21.8 Å². The zero-order valence-corrected chi connectivity index (χ0v) is 13.5. The minimum Gasteiger partial charge on any atom is -0.357 e. The summed E-state index contributed by atoms with van der Waals surface area (Å²) < 4.78 is 0. The summed E-state index contributed by atoms with van der Waals surface area (Å²) in [6, 6.07) is 1.88. The molecule has 2 fully saturated rings. The second-order valence-corrected chi connectivity index (χ2v) is 6.66. The van der Waals surface area contributed by atoms with Crippen molar-refractivity contribution in [2.24, 2.45) is 5.92 Å². The van der Waals surface area contributed by atoms with Crippen molar-refractivity contribution in [3.63, 3.8) is 0 Å². The number of carbonyl (C=O) groups excluding carboxylic acids is 1. The first-order valence-corrected chi connectivity index (χ1v) is 8.60. The van der Waals surface area contributed by atoms with Gasteiger partial charge in [-0.15, -0.1) is 0 Å². The largest absolute Gasteiger partial charge is 0.357 e. The number of likely N-dealkylation sites (tertiary alicyclic amines) is 1. The summed E-state index contributed by atoms with van der Waals surface area (Å²) in [7, 11) is 0. The number of hydrogen-bond acceptors (Lipinski definition) is 4. The van der Waals surface area contributed by atoms with E-state index in [9.17, 15) is 4.79 Å². The molecule has 120 valence electrons. The molecule has 1 amide bonds. The lowest BCUT2D eigenvalue weighted by molar-refractivity contribution is 0.0677. The third kappa shape index (κ3) is 3.57. The van der Waals surface area contributed by atoms with Crippen LogP contribution in [0.1, 0.15) is 55.9 Å². The molecule has 1 unspecified atom stereocenters. The van der Waals surface area contributed by atoms with Gasteiger partial charge in [0.25, 0.3) is 5.91 Å². The summed E-state index contributed by atoms with van der Waals surface area (Å²) >= 11 is 0. The summed E-state index contributed by atoms with van der Waals surface area (Å²) in [5.41, 5.74) is 0.545. The van der Waals surface area contributed by atoms with Crippen molar-refractivity contribution in [2.75, 3.05) is 31.1 Å². The third-order valence-electron chi connectivity index (χ3n) is 4.75. The van der Waals surface area contributed by atoms with Gasteiger partial charge in [-0.3, -0.25) is 4.79 Å². The monoisotopic (exact) mass is 302 g/mol. The Hall–Kier alpha value is -1.65. The first-order valence-electron chi connectivity index (χ1n) is 8.60. The highest BCUT2D eigenvalue weighted by Gasteiger charge is 2.23. The third-order valence-corrected chi connectivity index (χ3v) is 4.75. The van der Waals surface area contributed by atoms with Crippen LogP contribution in [0.4, 0.5) is 5.82 Å². The number of carbonyl (C=O) groups is 1. The van der Waals surface area contributed by atoms with Crippen molar-refractivity contribution < 1.29 is 4.79 Å². The second-order valence-electron chi connectivity index (χ2n) is 6.66. The molecule has 5 nitrogen and oxygen atoms in total. The highest BCUT2D eigenvalue weighted by atomic mass is 16.2. The minimum atomic E-state index is 0.0602. The van der Waals surface area contributed by atoms with Crippen LogP contribution in [0, 0.1) is 5.92 Å². The Labute approximate surface area is 132 Å². The summed E-state index contributed by atoms with van der Waals surface area (Å²) in [6.45, 7) is 5.98. The van der Waals surface area contributed by atoms with E-state index in [4.69, 9.17) is 0 Å². The number of hydrogen-bond donors (Lipinski definition) is 0. The van der Waals surface area contributed by atoms with Gasteiger partial charge in [0, 0.05) is 32.2 Å². The first kappa shape index (κ1) is 15.3. The maximum Gasteiger partial charge on any atom is 0.272 e. The highest BCUT2D eigenvalue weighted by molar-refractivity contribution is 5.93. The van der Waals surface area contributed by atoms with Crippen LogP contribution < -0.4 is 4.90 Å². The molecule has 0 bridgehead atoms. The average molecular weight is 302 g/mol. The van der Waals surface area contributed by atoms with Gasteiger partial charge in [-0.1, -0.05) is 19.8 Å². The van der Waals surface area contributed by atoms with Crippen molar-refractivity contribution in [1.29, 1.82) is 0 Å². The van der Waals surface area contributed by atoms with Gasteiger partial charge in [-0.25, -0.2) is 9.97 Å². The Balaban J connectivity index is 1.73. The lowest BCUT2D eigenvalue weighted by Crippen LogP contribution is -2.39. The van der Waals surface area contributed by atoms with Gasteiger partial charge in [0.15, 0.2) is 0 Å². The molecule has 2 aliphatic rings. The molecule has 1 aromatic heterocycles. The van der Waals surface area contributed by atoms with Crippen molar-refractivity contribution in [2.45, 2.75) is 45.4 Å². The fourth-order valence-electron chi connectivity index (χ4n) is 3.47. The number of rotatable bonds is 2. The Morgan fingerprint density at radius 1 is 1.09 bits per heavy atom. The van der Waals surface area contributed by atoms with Crippen molar-refractivity contribution in [3.05, 3.63) is 18.1 Å². The number of anilines is 1. The summed E-state index contributed by atoms with van der Waals surface area (Å²) in [4.78, 5) is 25.5. The van der Waals surface area contributed by atoms with Crippen LogP contribution in [0.15, 0.2) is 12.4 Å². The Bertz CT molecular complexity index is 511. The van der Waals surface area contributed by atoms with Gasteiger partial charge < -0.3 is 9.80 Å². The lowest BCUT2D eigenvalue weighted by atomic mass is 10.00. The lowest BCUT2D eigenvalue weighted by Gasteiger charge is -2.30. The Morgan fingerprint density at radius 2 is 1.86 bits per heavy atom. The molecule has 22 heavy (non-hydrogen) atoms. The molecule has 3 rings (SSSR count). The van der Waals surface area contributed by atoms with Crippen molar-refractivity contribution in [1.82, 2.24) is 14.9 Å². The van der Waals surface area contributed by atoms with Crippen LogP contribution in [0.2, 0.25) is 0 Å².